The molecule has 3 aromatic rings. The van der Waals surface area contributed by atoms with Crippen LogP contribution in [0.1, 0.15) is 49.3 Å². The lowest BCUT2D eigenvalue weighted by Crippen LogP contribution is -3.15. The molecule has 4 rings (SSSR count). The standard InChI is InChI=1S/C24H31FN6/c1-17-6-7-18(2)21(16-17)29-12-14-30(15-13-29)22(19-8-10-20(25)11-9-19)23-26-27-28-31(23)24(3,4)5/h6-11,16,22H,12-15H2,1-5H3/p+1/t22-/m0/s1. The maximum atomic E-state index is 13.7. The van der Waals surface area contributed by atoms with E-state index < -0.39 is 0 Å². The Morgan fingerprint density at radius 1 is 1.00 bits per heavy atom. The second-order valence-electron chi connectivity index (χ2n) is 9.54. The summed E-state index contributed by atoms with van der Waals surface area (Å²) in [6.45, 7) is 14.4. The third-order valence-electron chi connectivity index (χ3n) is 6.11. The number of nitrogens with zero attached hydrogens (tertiary/aromatic N) is 5. The van der Waals surface area contributed by atoms with Gasteiger partial charge in [0.15, 0.2) is 6.04 Å². The van der Waals surface area contributed by atoms with Crippen LogP contribution in [0.4, 0.5) is 10.1 Å². The molecule has 1 atom stereocenters. The molecule has 1 saturated heterocycles. The number of hydrogen-bond donors (Lipinski definition) is 1. The Kier molecular flexibility index (Phi) is 5.79. The van der Waals surface area contributed by atoms with E-state index in [1.807, 2.05) is 16.8 Å². The summed E-state index contributed by atoms with van der Waals surface area (Å²) < 4.78 is 15.6. The van der Waals surface area contributed by atoms with E-state index in [-0.39, 0.29) is 17.4 Å². The Morgan fingerprint density at radius 3 is 2.32 bits per heavy atom. The van der Waals surface area contributed by atoms with Crippen LogP contribution >= 0.6 is 0 Å². The van der Waals surface area contributed by atoms with Crippen molar-refractivity contribution < 1.29 is 9.29 Å². The number of nitrogens with one attached hydrogen (secondary N) is 1. The van der Waals surface area contributed by atoms with Gasteiger partial charge in [-0.1, -0.05) is 12.1 Å². The van der Waals surface area contributed by atoms with Crippen LogP contribution in [-0.4, -0.2) is 46.4 Å². The van der Waals surface area contributed by atoms with Crippen LogP contribution < -0.4 is 9.80 Å². The van der Waals surface area contributed by atoms with Crippen LogP contribution in [0.3, 0.4) is 0 Å². The Hall–Kier alpha value is -2.80. The van der Waals surface area contributed by atoms with Crippen LogP contribution in [0.5, 0.6) is 0 Å². The fourth-order valence-corrected chi connectivity index (χ4v) is 4.46. The van der Waals surface area contributed by atoms with Crippen molar-refractivity contribution in [3.8, 4) is 0 Å². The number of anilines is 1. The molecule has 0 spiro atoms. The molecule has 1 aliphatic heterocycles. The van der Waals surface area contributed by atoms with E-state index in [9.17, 15) is 4.39 Å². The minimum atomic E-state index is -0.239. The van der Waals surface area contributed by atoms with Gasteiger partial charge in [0, 0.05) is 11.3 Å². The van der Waals surface area contributed by atoms with Gasteiger partial charge in [-0.3, -0.25) is 0 Å². The molecule has 0 aliphatic carbocycles. The highest BCUT2D eigenvalue weighted by atomic mass is 19.1. The smallest absolute Gasteiger partial charge is 0.214 e. The molecule has 31 heavy (non-hydrogen) atoms. The van der Waals surface area contributed by atoms with Gasteiger partial charge in [-0.15, -0.1) is 5.10 Å². The van der Waals surface area contributed by atoms with Gasteiger partial charge in [0.25, 0.3) is 0 Å². The molecule has 1 aliphatic rings. The summed E-state index contributed by atoms with van der Waals surface area (Å²) in [5.74, 6) is 0.599. The maximum absolute atomic E-state index is 13.7. The highest BCUT2D eigenvalue weighted by Gasteiger charge is 2.36. The normalized spacial score (nSPS) is 16.5. The molecule has 1 N–H and O–H groups in total. The Balaban J connectivity index is 1.64. The highest BCUT2D eigenvalue weighted by molar-refractivity contribution is 5.55. The summed E-state index contributed by atoms with van der Waals surface area (Å²) in [5, 5.41) is 12.7. The fraction of sp³-hybridized carbons (Fsp3) is 0.458. The summed E-state index contributed by atoms with van der Waals surface area (Å²) in [5.41, 5.74) is 4.70. The number of tetrazole rings is 1. The average Bonchev–Trinajstić information content (AvgIpc) is 3.22. The van der Waals surface area contributed by atoms with Gasteiger partial charge in [-0.05, 0) is 86.5 Å². The zero-order valence-electron chi connectivity index (χ0n) is 19.1. The summed E-state index contributed by atoms with van der Waals surface area (Å²) in [6.07, 6.45) is 0. The minimum Gasteiger partial charge on any atom is -0.360 e. The van der Waals surface area contributed by atoms with Gasteiger partial charge in [0.2, 0.25) is 5.82 Å². The zero-order chi connectivity index (χ0) is 22.2. The van der Waals surface area contributed by atoms with Crippen molar-refractivity contribution in [3.05, 3.63) is 70.8 Å². The van der Waals surface area contributed by atoms with E-state index in [0.29, 0.717) is 0 Å². The predicted octanol–water partition coefficient (Wildman–Crippen LogP) is 2.68. The quantitative estimate of drug-likeness (QED) is 0.701. The van der Waals surface area contributed by atoms with Crippen LogP contribution in [0.2, 0.25) is 0 Å². The van der Waals surface area contributed by atoms with Crippen LogP contribution in [0, 0.1) is 19.7 Å². The molecule has 2 aromatic carbocycles. The van der Waals surface area contributed by atoms with Crippen molar-refractivity contribution >= 4 is 5.69 Å². The Labute approximate surface area is 183 Å². The number of rotatable bonds is 4. The van der Waals surface area contributed by atoms with Crippen molar-refractivity contribution in [2.24, 2.45) is 0 Å². The maximum Gasteiger partial charge on any atom is 0.214 e. The highest BCUT2D eigenvalue weighted by Crippen LogP contribution is 2.24. The van der Waals surface area contributed by atoms with E-state index in [4.69, 9.17) is 0 Å². The van der Waals surface area contributed by atoms with Gasteiger partial charge >= 0.3 is 0 Å². The van der Waals surface area contributed by atoms with E-state index in [1.165, 1.54) is 33.8 Å². The zero-order valence-corrected chi connectivity index (χ0v) is 19.1. The first-order valence-electron chi connectivity index (χ1n) is 10.9. The molecule has 0 amide bonds. The lowest BCUT2D eigenvalue weighted by Gasteiger charge is -2.38. The molecule has 0 unspecified atom stereocenters. The monoisotopic (exact) mass is 423 g/mol. The van der Waals surface area contributed by atoms with Gasteiger partial charge in [0.05, 0.1) is 31.7 Å². The summed E-state index contributed by atoms with van der Waals surface area (Å²) >= 11 is 0. The second kappa shape index (κ2) is 8.38. The van der Waals surface area contributed by atoms with E-state index in [0.717, 1.165) is 37.6 Å². The summed E-state index contributed by atoms with van der Waals surface area (Å²) in [6, 6.07) is 13.4. The van der Waals surface area contributed by atoms with E-state index >= 15 is 0 Å². The number of aromatic nitrogens is 4. The van der Waals surface area contributed by atoms with Crippen molar-refractivity contribution in [1.29, 1.82) is 0 Å². The van der Waals surface area contributed by atoms with Gasteiger partial charge < -0.3 is 9.80 Å². The Morgan fingerprint density at radius 2 is 1.68 bits per heavy atom. The van der Waals surface area contributed by atoms with E-state index in [1.54, 1.807) is 0 Å². The molecule has 7 heteroatoms. The third kappa shape index (κ3) is 4.46. The summed E-state index contributed by atoms with van der Waals surface area (Å²) in [4.78, 5) is 3.87. The van der Waals surface area contributed by atoms with Crippen molar-refractivity contribution in [2.45, 2.75) is 46.2 Å². The molecular formula is C24H32FN6+. The summed E-state index contributed by atoms with van der Waals surface area (Å²) in [7, 11) is 0. The molecule has 0 radical (unpaired) electrons. The lowest BCUT2D eigenvalue weighted by molar-refractivity contribution is -0.927. The number of piperazine rings is 1. The minimum absolute atomic E-state index is 0.0458. The first-order chi connectivity index (χ1) is 14.7. The van der Waals surface area contributed by atoms with Crippen LogP contribution in [-0.2, 0) is 5.54 Å². The van der Waals surface area contributed by atoms with Crippen molar-refractivity contribution in [1.82, 2.24) is 20.2 Å². The Bertz CT molecular complexity index is 1030. The number of halogens is 1. The SMILES string of the molecule is Cc1ccc(C)c(N2CC[NH+]([C@@H](c3ccc(F)cc3)c3nnnn3C(C)(C)C)CC2)c1. The molecule has 1 aromatic heterocycles. The molecule has 0 bridgehead atoms. The van der Waals surface area contributed by atoms with Crippen LogP contribution in [0.25, 0.3) is 0 Å². The second-order valence-corrected chi connectivity index (χ2v) is 9.54. The molecule has 6 nitrogen and oxygen atoms in total. The fourth-order valence-electron chi connectivity index (χ4n) is 4.46. The third-order valence-corrected chi connectivity index (χ3v) is 6.11. The molecule has 0 saturated carbocycles. The van der Waals surface area contributed by atoms with Crippen molar-refractivity contribution in [2.75, 3.05) is 31.1 Å². The van der Waals surface area contributed by atoms with Gasteiger partial charge in [-0.2, -0.15) is 0 Å². The van der Waals surface area contributed by atoms with Crippen molar-refractivity contribution in [3.63, 3.8) is 0 Å². The van der Waals surface area contributed by atoms with Gasteiger partial charge in [0.1, 0.15) is 5.82 Å². The lowest BCUT2D eigenvalue weighted by atomic mass is 10.0. The topological polar surface area (TPSA) is 51.3 Å². The first kappa shape index (κ1) is 21.4. The number of benzene rings is 2. The number of quaternary nitrogens is 1. The predicted molar refractivity (Wildman–Crippen MR) is 120 cm³/mol. The molecular weight excluding hydrogens is 391 g/mol. The molecule has 2 heterocycles. The van der Waals surface area contributed by atoms with E-state index in [2.05, 4.69) is 73.2 Å². The average molecular weight is 424 g/mol. The number of aryl methyl sites for hydroxylation is 2. The van der Waals surface area contributed by atoms with Gasteiger partial charge in [-0.25, -0.2) is 9.07 Å². The first-order valence-corrected chi connectivity index (χ1v) is 10.9. The molecule has 1 fully saturated rings. The molecule has 164 valence electrons. The van der Waals surface area contributed by atoms with Crippen LogP contribution in [0.15, 0.2) is 42.5 Å². The number of hydrogen-bond acceptors (Lipinski definition) is 4. The largest absolute Gasteiger partial charge is 0.360 e.